The van der Waals surface area contributed by atoms with Crippen molar-refractivity contribution in [2.45, 2.75) is 44.9 Å². The van der Waals surface area contributed by atoms with Crippen molar-refractivity contribution >= 4 is 28.6 Å². The van der Waals surface area contributed by atoms with Crippen LogP contribution in [0.2, 0.25) is 0 Å². The van der Waals surface area contributed by atoms with Gasteiger partial charge in [0.1, 0.15) is 11.9 Å². The smallest absolute Gasteiger partial charge is 0.273 e. The van der Waals surface area contributed by atoms with Crippen LogP contribution in [0.25, 0.3) is 10.9 Å². The Balaban J connectivity index is 1.12. The monoisotopic (exact) mass is 470 g/mol. The summed E-state index contributed by atoms with van der Waals surface area (Å²) in [6.07, 6.45) is 3.95. The van der Waals surface area contributed by atoms with Crippen LogP contribution in [0, 0.1) is 0 Å². The first-order chi connectivity index (χ1) is 17.1. The third-order valence-electron chi connectivity index (χ3n) is 7.02. The van der Waals surface area contributed by atoms with E-state index in [9.17, 15) is 14.4 Å². The van der Waals surface area contributed by atoms with E-state index in [1.54, 1.807) is 12.1 Å². The largest absolute Gasteiger partial charge is 0.489 e. The van der Waals surface area contributed by atoms with Crippen LogP contribution in [0.15, 0.2) is 54.7 Å². The predicted octanol–water partition coefficient (Wildman–Crippen LogP) is 3.30. The van der Waals surface area contributed by atoms with Gasteiger partial charge in [-0.3, -0.25) is 24.3 Å². The number of carbonyl (C=O) groups is 3. The van der Waals surface area contributed by atoms with Crippen LogP contribution in [0.3, 0.4) is 0 Å². The van der Waals surface area contributed by atoms with Crippen LogP contribution in [0.1, 0.15) is 47.2 Å². The number of hydrogen-bond acceptors (Lipinski definition) is 6. The van der Waals surface area contributed by atoms with Crippen LogP contribution in [-0.4, -0.2) is 56.8 Å². The van der Waals surface area contributed by atoms with Crippen molar-refractivity contribution in [2.75, 3.05) is 13.1 Å². The Hall–Kier alpha value is -3.78. The summed E-state index contributed by atoms with van der Waals surface area (Å²) in [4.78, 5) is 44.3. The van der Waals surface area contributed by atoms with Crippen molar-refractivity contribution in [2.24, 2.45) is 0 Å². The number of fused-ring (bicyclic) bond motifs is 2. The highest BCUT2D eigenvalue weighted by molar-refractivity contribution is 6.04. The van der Waals surface area contributed by atoms with E-state index in [0.717, 1.165) is 42.1 Å². The molecular weight excluding hydrogens is 444 g/mol. The van der Waals surface area contributed by atoms with Crippen molar-refractivity contribution < 1.29 is 19.1 Å². The Bertz CT molecular complexity index is 1320. The Morgan fingerprint density at radius 3 is 2.69 bits per heavy atom. The molecule has 2 saturated heterocycles. The number of rotatable bonds is 5. The molecule has 8 heteroatoms. The highest BCUT2D eigenvalue weighted by Gasteiger charge is 2.39. The average molecular weight is 471 g/mol. The topological polar surface area (TPSA) is 83.1 Å². The number of carbonyl (C=O) groups excluding carboxylic acids is 3. The number of imide groups is 1. The minimum Gasteiger partial charge on any atom is -0.489 e. The zero-order valence-electron chi connectivity index (χ0n) is 19.4. The Labute approximate surface area is 203 Å². The van der Waals surface area contributed by atoms with Gasteiger partial charge in [0.25, 0.3) is 5.91 Å². The molecule has 3 aromatic rings. The van der Waals surface area contributed by atoms with E-state index in [2.05, 4.69) is 22.0 Å². The molecule has 3 aliphatic heterocycles. The molecular formula is C27H26N4O4. The number of benzene rings is 2. The van der Waals surface area contributed by atoms with E-state index in [4.69, 9.17) is 4.74 Å². The first-order valence-corrected chi connectivity index (χ1v) is 12.1. The number of pyridine rings is 1. The predicted molar refractivity (Wildman–Crippen MR) is 128 cm³/mol. The van der Waals surface area contributed by atoms with E-state index in [1.165, 1.54) is 16.0 Å². The van der Waals surface area contributed by atoms with Gasteiger partial charge in [0, 0.05) is 49.6 Å². The summed E-state index contributed by atoms with van der Waals surface area (Å²) in [5.74, 6) is -0.235. The standard InChI is InChI=1S/C27H26N4O4/c32-25-6-3-7-26(33)31(25)30-16-19-14-20(8-9-23(19)27(30)34)35-21-11-13-29(17-21)15-18-10-12-28-24-5-2-1-4-22(18)24/h1-2,4-5,8-10,12,14,21H,3,6-7,11,13,15-17H2/t21-/m1/s1. The van der Waals surface area contributed by atoms with Gasteiger partial charge in [0.2, 0.25) is 11.8 Å². The molecule has 35 heavy (non-hydrogen) atoms. The maximum atomic E-state index is 12.9. The highest BCUT2D eigenvalue weighted by atomic mass is 16.5. The molecule has 3 aliphatic rings. The lowest BCUT2D eigenvalue weighted by Crippen LogP contribution is -2.51. The summed E-state index contributed by atoms with van der Waals surface area (Å²) in [7, 11) is 0. The van der Waals surface area contributed by atoms with Crippen molar-refractivity contribution in [3.8, 4) is 5.75 Å². The lowest BCUT2D eigenvalue weighted by molar-refractivity contribution is -0.163. The van der Waals surface area contributed by atoms with Gasteiger partial charge in [-0.15, -0.1) is 0 Å². The number of aromatic nitrogens is 1. The van der Waals surface area contributed by atoms with Gasteiger partial charge in [-0.25, -0.2) is 5.01 Å². The van der Waals surface area contributed by atoms with Gasteiger partial charge >= 0.3 is 0 Å². The summed E-state index contributed by atoms with van der Waals surface area (Å²) in [6, 6.07) is 15.7. The Morgan fingerprint density at radius 1 is 1.00 bits per heavy atom. The molecule has 2 aromatic carbocycles. The fraction of sp³-hybridized carbons (Fsp3) is 0.333. The summed E-state index contributed by atoms with van der Waals surface area (Å²) < 4.78 is 6.28. The van der Waals surface area contributed by atoms with E-state index in [-0.39, 0.29) is 43.2 Å². The molecule has 2 fully saturated rings. The summed E-state index contributed by atoms with van der Waals surface area (Å²) >= 11 is 0. The number of hydrogen-bond donors (Lipinski definition) is 0. The van der Waals surface area contributed by atoms with E-state index >= 15 is 0 Å². The molecule has 0 spiro atoms. The molecule has 8 nitrogen and oxygen atoms in total. The molecule has 0 saturated carbocycles. The minimum atomic E-state index is -0.313. The fourth-order valence-corrected chi connectivity index (χ4v) is 5.29. The van der Waals surface area contributed by atoms with Gasteiger partial charge in [-0.1, -0.05) is 18.2 Å². The number of nitrogens with zero attached hydrogens (tertiary/aromatic N) is 4. The van der Waals surface area contributed by atoms with Crippen LogP contribution in [0.4, 0.5) is 0 Å². The first-order valence-electron chi connectivity index (χ1n) is 12.1. The molecule has 1 atom stereocenters. The maximum absolute atomic E-state index is 12.9. The molecule has 0 aliphatic carbocycles. The van der Waals surface area contributed by atoms with Crippen LogP contribution >= 0.6 is 0 Å². The lowest BCUT2D eigenvalue weighted by atomic mass is 10.1. The van der Waals surface area contributed by atoms with Gasteiger partial charge in [-0.05, 0) is 54.3 Å². The second kappa shape index (κ2) is 8.78. The molecule has 6 rings (SSSR count). The normalized spacial score (nSPS) is 20.7. The number of ether oxygens (including phenoxy) is 1. The van der Waals surface area contributed by atoms with Crippen LogP contribution in [-0.2, 0) is 22.7 Å². The zero-order chi connectivity index (χ0) is 23.9. The molecule has 3 amide bonds. The van der Waals surface area contributed by atoms with Crippen LogP contribution < -0.4 is 4.74 Å². The molecule has 1 aromatic heterocycles. The van der Waals surface area contributed by atoms with Crippen molar-refractivity contribution in [1.82, 2.24) is 19.9 Å². The second-order valence-electron chi connectivity index (χ2n) is 9.39. The number of hydrazine groups is 1. The third kappa shape index (κ3) is 4.04. The average Bonchev–Trinajstić information content (AvgIpc) is 3.43. The molecule has 0 bridgehead atoms. The highest BCUT2D eigenvalue weighted by Crippen LogP contribution is 2.31. The maximum Gasteiger partial charge on any atom is 0.273 e. The van der Waals surface area contributed by atoms with Gasteiger partial charge in [0.05, 0.1) is 12.1 Å². The molecule has 0 N–H and O–H groups in total. The first kappa shape index (κ1) is 21.7. The van der Waals surface area contributed by atoms with Crippen molar-refractivity contribution in [3.05, 3.63) is 71.4 Å². The SMILES string of the molecule is O=C1c2ccc(O[C@@H]3CCN(Cc4ccnc5ccccc45)C3)cc2CN1N1C(=O)CCCC1=O. The number of piperidine rings is 1. The number of likely N-dealkylation sites (tertiary alicyclic amines) is 1. The minimum absolute atomic E-state index is 0.0552. The summed E-state index contributed by atoms with van der Waals surface area (Å²) in [5, 5.41) is 3.48. The van der Waals surface area contributed by atoms with E-state index in [1.807, 2.05) is 30.5 Å². The van der Waals surface area contributed by atoms with Crippen molar-refractivity contribution in [3.63, 3.8) is 0 Å². The number of amides is 3. The number of para-hydroxylation sites is 1. The summed E-state index contributed by atoms with van der Waals surface area (Å²) in [6.45, 7) is 2.80. The fourth-order valence-electron chi connectivity index (χ4n) is 5.29. The van der Waals surface area contributed by atoms with Crippen molar-refractivity contribution in [1.29, 1.82) is 0 Å². The Morgan fingerprint density at radius 2 is 1.83 bits per heavy atom. The van der Waals surface area contributed by atoms with Gasteiger partial charge < -0.3 is 4.74 Å². The molecule has 178 valence electrons. The molecule has 0 radical (unpaired) electrons. The lowest BCUT2D eigenvalue weighted by Gasteiger charge is -2.32. The van der Waals surface area contributed by atoms with E-state index in [0.29, 0.717) is 17.7 Å². The zero-order valence-corrected chi connectivity index (χ0v) is 19.4. The second-order valence-corrected chi connectivity index (χ2v) is 9.39. The molecule has 4 heterocycles. The third-order valence-corrected chi connectivity index (χ3v) is 7.02. The summed E-state index contributed by atoms with van der Waals surface area (Å²) in [5.41, 5.74) is 3.55. The Kier molecular flexibility index (Phi) is 5.45. The quantitative estimate of drug-likeness (QED) is 0.532. The van der Waals surface area contributed by atoms with E-state index < -0.39 is 0 Å². The molecule has 0 unspecified atom stereocenters. The van der Waals surface area contributed by atoms with Gasteiger partial charge in [0.15, 0.2) is 0 Å². The van der Waals surface area contributed by atoms with Gasteiger partial charge in [-0.2, -0.15) is 5.01 Å². The van der Waals surface area contributed by atoms with Crippen LogP contribution in [0.5, 0.6) is 5.75 Å².